The minimum Gasteiger partial charge on any atom is -0.371 e. The molecule has 2 aromatic rings. The van der Waals surface area contributed by atoms with Gasteiger partial charge in [0.05, 0.1) is 0 Å². The van der Waals surface area contributed by atoms with Gasteiger partial charge in [-0.1, -0.05) is 30.3 Å². The van der Waals surface area contributed by atoms with E-state index in [-0.39, 0.29) is 6.10 Å². The van der Waals surface area contributed by atoms with Gasteiger partial charge in [0.1, 0.15) is 11.1 Å². The fourth-order valence-electron chi connectivity index (χ4n) is 2.92. The number of nitrogens with zero attached hydrogens (tertiary/aromatic N) is 2. The number of hydrogen-bond donors (Lipinski definition) is 1. The van der Waals surface area contributed by atoms with Gasteiger partial charge in [-0.05, 0) is 24.8 Å². The van der Waals surface area contributed by atoms with Crippen molar-refractivity contribution < 1.29 is 4.74 Å². The Labute approximate surface area is 142 Å². The number of ether oxygens (including phenoxy) is 1. The van der Waals surface area contributed by atoms with Crippen LogP contribution in [0.4, 0.5) is 0 Å². The van der Waals surface area contributed by atoms with Crippen LogP contribution < -0.4 is 5.73 Å². The van der Waals surface area contributed by atoms with Crippen LogP contribution in [0.25, 0.3) is 0 Å². The molecule has 5 heteroatoms. The molecule has 1 aliphatic rings. The van der Waals surface area contributed by atoms with Gasteiger partial charge in [-0.2, -0.15) is 0 Å². The zero-order chi connectivity index (χ0) is 15.9. The highest BCUT2D eigenvalue weighted by molar-refractivity contribution is 7.11. The number of thiazole rings is 1. The Hall–Kier alpha value is -1.27. The Kier molecular flexibility index (Phi) is 6.16. The van der Waals surface area contributed by atoms with Crippen molar-refractivity contribution in [3.63, 3.8) is 0 Å². The van der Waals surface area contributed by atoms with Crippen LogP contribution in [-0.2, 0) is 17.7 Å². The van der Waals surface area contributed by atoms with Crippen LogP contribution in [0.3, 0.4) is 0 Å². The second kappa shape index (κ2) is 8.55. The maximum Gasteiger partial charge on any atom is 0.122 e. The average Bonchev–Trinajstić information content (AvgIpc) is 3.25. The minimum atomic E-state index is 0.223. The molecule has 1 fully saturated rings. The molecule has 3 rings (SSSR count). The van der Waals surface area contributed by atoms with E-state index < -0.39 is 0 Å². The summed E-state index contributed by atoms with van der Waals surface area (Å²) in [4.78, 5) is 8.28. The molecule has 4 nitrogen and oxygen atoms in total. The Balaban J connectivity index is 1.56. The first kappa shape index (κ1) is 16.6. The molecule has 124 valence electrons. The van der Waals surface area contributed by atoms with E-state index in [4.69, 9.17) is 10.5 Å². The Morgan fingerprint density at radius 1 is 1.26 bits per heavy atom. The highest BCUT2D eigenvalue weighted by Gasteiger charge is 2.21. The molecule has 1 aliphatic heterocycles. The summed E-state index contributed by atoms with van der Waals surface area (Å²) in [6, 6.07) is 10.6. The quantitative estimate of drug-likeness (QED) is 0.808. The fraction of sp³-hybridized carbons (Fsp3) is 0.500. The number of benzene rings is 1. The van der Waals surface area contributed by atoms with Gasteiger partial charge >= 0.3 is 0 Å². The third-order valence-corrected chi connectivity index (χ3v) is 5.24. The van der Waals surface area contributed by atoms with Gasteiger partial charge in [0.2, 0.25) is 0 Å². The molecule has 0 aliphatic carbocycles. The minimum absolute atomic E-state index is 0.223. The first-order valence-electron chi connectivity index (χ1n) is 8.37. The summed E-state index contributed by atoms with van der Waals surface area (Å²) in [5, 5.41) is 1.13. The summed E-state index contributed by atoms with van der Waals surface area (Å²) in [5.74, 6) is 0. The lowest BCUT2D eigenvalue weighted by atomic mass is 10.1. The fourth-order valence-corrected chi connectivity index (χ4v) is 3.97. The molecule has 1 saturated heterocycles. The van der Waals surface area contributed by atoms with Crippen molar-refractivity contribution in [2.24, 2.45) is 5.73 Å². The van der Waals surface area contributed by atoms with Gasteiger partial charge in [-0.25, -0.2) is 4.98 Å². The van der Waals surface area contributed by atoms with Crippen molar-refractivity contribution >= 4 is 11.3 Å². The van der Waals surface area contributed by atoms with Crippen molar-refractivity contribution in [2.45, 2.75) is 31.9 Å². The van der Waals surface area contributed by atoms with E-state index in [1.54, 1.807) is 11.3 Å². The predicted octanol–water partition coefficient (Wildman–Crippen LogP) is 3.00. The second-order valence-electron chi connectivity index (χ2n) is 5.97. The van der Waals surface area contributed by atoms with E-state index in [9.17, 15) is 0 Å². The summed E-state index contributed by atoms with van der Waals surface area (Å²) in [5.41, 5.74) is 7.16. The third-order valence-electron chi connectivity index (χ3n) is 4.16. The van der Waals surface area contributed by atoms with E-state index in [0.717, 1.165) is 50.5 Å². The van der Waals surface area contributed by atoms with Gasteiger partial charge in [0.15, 0.2) is 0 Å². The van der Waals surface area contributed by atoms with Gasteiger partial charge in [-0.15, -0.1) is 11.3 Å². The standard InChI is InChI=1S/C18H25N3OS/c19-9-11-21(10-8-15-5-2-1-3-6-15)14-16-13-20-18(23-16)17-7-4-12-22-17/h1-3,5-6,13,17H,4,7-12,14,19H2. The normalized spacial score (nSPS) is 17.9. The van der Waals surface area contributed by atoms with E-state index >= 15 is 0 Å². The van der Waals surface area contributed by atoms with Gasteiger partial charge in [0.25, 0.3) is 0 Å². The topological polar surface area (TPSA) is 51.4 Å². The summed E-state index contributed by atoms with van der Waals surface area (Å²) in [6.45, 7) is 4.42. The molecule has 1 aromatic carbocycles. The van der Waals surface area contributed by atoms with Crippen molar-refractivity contribution in [1.82, 2.24) is 9.88 Å². The summed E-state index contributed by atoms with van der Waals surface area (Å²) < 4.78 is 5.72. The molecule has 1 unspecified atom stereocenters. The van der Waals surface area contributed by atoms with Crippen molar-refractivity contribution in [2.75, 3.05) is 26.2 Å². The molecule has 2 N–H and O–H groups in total. The lowest BCUT2D eigenvalue weighted by molar-refractivity contribution is 0.111. The molecule has 0 radical (unpaired) electrons. The average molecular weight is 331 g/mol. The van der Waals surface area contributed by atoms with Crippen molar-refractivity contribution in [1.29, 1.82) is 0 Å². The SMILES string of the molecule is NCCN(CCc1ccccc1)Cc1cnc(C2CCCO2)s1. The van der Waals surface area contributed by atoms with E-state index in [2.05, 4.69) is 40.2 Å². The van der Waals surface area contributed by atoms with E-state index in [1.165, 1.54) is 10.4 Å². The van der Waals surface area contributed by atoms with Crippen LogP contribution in [0.2, 0.25) is 0 Å². The molecule has 0 amide bonds. The summed E-state index contributed by atoms with van der Waals surface area (Å²) >= 11 is 1.79. The highest BCUT2D eigenvalue weighted by Crippen LogP contribution is 2.31. The van der Waals surface area contributed by atoms with Crippen LogP contribution in [-0.4, -0.2) is 36.1 Å². The number of nitrogens with two attached hydrogens (primary N) is 1. The van der Waals surface area contributed by atoms with Crippen LogP contribution in [0.1, 0.15) is 34.4 Å². The summed E-state index contributed by atoms with van der Waals surface area (Å²) in [6.07, 6.45) is 5.54. The lowest BCUT2D eigenvalue weighted by Gasteiger charge is -2.20. The monoisotopic (exact) mass is 331 g/mol. The molecule has 0 spiro atoms. The smallest absolute Gasteiger partial charge is 0.122 e. The molecule has 0 bridgehead atoms. The van der Waals surface area contributed by atoms with E-state index in [1.807, 2.05) is 6.20 Å². The Morgan fingerprint density at radius 2 is 2.13 bits per heavy atom. The second-order valence-corrected chi connectivity index (χ2v) is 7.11. The Morgan fingerprint density at radius 3 is 2.87 bits per heavy atom. The predicted molar refractivity (Wildman–Crippen MR) is 94.5 cm³/mol. The lowest BCUT2D eigenvalue weighted by Crippen LogP contribution is -2.30. The maximum absolute atomic E-state index is 5.78. The highest BCUT2D eigenvalue weighted by atomic mass is 32.1. The largest absolute Gasteiger partial charge is 0.371 e. The third kappa shape index (κ3) is 4.85. The zero-order valence-electron chi connectivity index (χ0n) is 13.5. The number of hydrogen-bond acceptors (Lipinski definition) is 5. The van der Waals surface area contributed by atoms with Crippen LogP contribution >= 0.6 is 11.3 Å². The molecular weight excluding hydrogens is 306 g/mol. The first-order valence-corrected chi connectivity index (χ1v) is 9.19. The van der Waals surface area contributed by atoms with Crippen molar-refractivity contribution in [3.8, 4) is 0 Å². The zero-order valence-corrected chi connectivity index (χ0v) is 14.3. The summed E-state index contributed by atoms with van der Waals surface area (Å²) in [7, 11) is 0. The maximum atomic E-state index is 5.78. The first-order chi connectivity index (χ1) is 11.3. The molecule has 1 atom stereocenters. The molecule has 1 aromatic heterocycles. The molecular formula is C18H25N3OS. The van der Waals surface area contributed by atoms with Crippen LogP contribution in [0.15, 0.2) is 36.5 Å². The number of rotatable bonds is 8. The van der Waals surface area contributed by atoms with Crippen LogP contribution in [0.5, 0.6) is 0 Å². The van der Waals surface area contributed by atoms with Gasteiger partial charge in [0, 0.05) is 43.9 Å². The Bertz CT molecular complexity index is 581. The van der Waals surface area contributed by atoms with E-state index in [0.29, 0.717) is 6.54 Å². The molecule has 0 saturated carbocycles. The molecule has 2 heterocycles. The van der Waals surface area contributed by atoms with Crippen molar-refractivity contribution in [3.05, 3.63) is 52.0 Å². The van der Waals surface area contributed by atoms with Crippen LogP contribution in [0, 0.1) is 0 Å². The van der Waals surface area contributed by atoms with Gasteiger partial charge < -0.3 is 10.5 Å². The molecule has 23 heavy (non-hydrogen) atoms. The van der Waals surface area contributed by atoms with Gasteiger partial charge in [-0.3, -0.25) is 4.90 Å². The number of aromatic nitrogens is 1.